The number of hydrogen-bond donors (Lipinski definition) is 0. The molecule has 1 fully saturated rings. The highest BCUT2D eigenvalue weighted by molar-refractivity contribution is 7.99. The predicted molar refractivity (Wildman–Crippen MR) is 48.7 cm³/mol. The standard InChI is InChI=1S/C8H12N2OS/c1-12-6-8(11)10-4-2-3-7(10)5-9/h7H,2-4,6H2,1H3. The van der Waals surface area contributed by atoms with Gasteiger partial charge >= 0.3 is 0 Å². The molecule has 66 valence electrons. The molecule has 1 saturated heterocycles. The zero-order valence-electron chi connectivity index (χ0n) is 7.12. The number of nitrogens with zero attached hydrogens (tertiary/aromatic N) is 2. The maximum atomic E-state index is 11.4. The highest BCUT2D eigenvalue weighted by Crippen LogP contribution is 2.17. The first-order valence-electron chi connectivity index (χ1n) is 3.97. The number of likely N-dealkylation sites (tertiary alicyclic amines) is 1. The molecule has 1 atom stereocenters. The van der Waals surface area contributed by atoms with Gasteiger partial charge in [0.2, 0.25) is 5.91 Å². The zero-order chi connectivity index (χ0) is 8.97. The molecule has 1 amide bonds. The predicted octanol–water partition coefficient (Wildman–Crippen LogP) is 0.864. The number of carbonyl (C=O) groups is 1. The van der Waals surface area contributed by atoms with Crippen molar-refractivity contribution >= 4 is 17.7 Å². The molecule has 0 N–H and O–H groups in total. The summed E-state index contributed by atoms with van der Waals surface area (Å²) in [6.45, 7) is 0.762. The maximum absolute atomic E-state index is 11.4. The Morgan fingerprint density at radius 1 is 1.83 bits per heavy atom. The van der Waals surface area contributed by atoms with Crippen LogP contribution in [0, 0.1) is 11.3 Å². The Morgan fingerprint density at radius 2 is 2.58 bits per heavy atom. The first-order valence-corrected chi connectivity index (χ1v) is 5.37. The second-order valence-corrected chi connectivity index (χ2v) is 3.67. The Balaban J connectivity index is 2.51. The van der Waals surface area contributed by atoms with Crippen LogP contribution in [0.15, 0.2) is 0 Å². The summed E-state index contributed by atoms with van der Waals surface area (Å²) in [4.78, 5) is 13.1. The lowest BCUT2D eigenvalue weighted by molar-refractivity contribution is -0.128. The van der Waals surface area contributed by atoms with Gasteiger partial charge in [-0.15, -0.1) is 0 Å². The number of hydrogen-bond acceptors (Lipinski definition) is 3. The van der Waals surface area contributed by atoms with Crippen LogP contribution in [-0.4, -0.2) is 35.4 Å². The zero-order valence-corrected chi connectivity index (χ0v) is 7.93. The van der Waals surface area contributed by atoms with Crippen LogP contribution in [0.5, 0.6) is 0 Å². The summed E-state index contributed by atoms with van der Waals surface area (Å²) < 4.78 is 0. The van der Waals surface area contributed by atoms with Crippen molar-refractivity contribution in [3.05, 3.63) is 0 Å². The molecule has 1 aliphatic heterocycles. The number of nitriles is 1. The van der Waals surface area contributed by atoms with E-state index in [9.17, 15) is 4.79 Å². The molecule has 1 unspecified atom stereocenters. The second kappa shape index (κ2) is 4.36. The van der Waals surface area contributed by atoms with Crippen molar-refractivity contribution < 1.29 is 4.79 Å². The van der Waals surface area contributed by atoms with E-state index >= 15 is 0 Å². The molecule has 1 rings (SSSR count). The van der Waals surface area contributed by atoms with E-state index in [2.05, 4.69) is 6.07 Å². The Kier molecular flexibility index (Phi) is 3.42. The van der Waals surface area contributed by atoms with Gasteiger partial charge in [-0.05, 0) is 19.1 Å². The molecule has 1 heterocycles. The Bertz CT molecular complexity index is 212. The van der Waals surface area contributed by atoms with Crippen LogP contribution in [0.3, 0.4) is 0 Å². The lowest BCUT2D eigenvalue weighted by Gasteiger charge is -2.18. The topological polar surface area (TPSA) is 44.1 Å². The van der Waals surface area contributed by atoms with Crippen molar-refractivity contribution in [3.8, 4) is 6.07 Å². The molecular formula is C8H12N2OS. The minimum Gasteiger partial charge on any atom is -0.326 e. The van der Waals surface area contributed by atoms with Gasteiger partial charge in [-0.2, -0.15) is 17.0 Å². The van der Waals surface area contributed by atoms with E-state index in [1.54, 1.807) is 4.90 Å². The summed E-state index contributed by atoms with van der Waals surface area (Å²) in [5.74, 6) is 0.601. The monoisotopic (exact) mass is 184 g/mol. The largest absolute Gasteiger partial charge is 0.326 e. The normalized spacial score (nSPS) is 22.3. The average Bonchev–Trinajstić information content (AvgIpc) is 2.51. The summed E-state index contributed by atoms with van der Waals surface area (Å²) >= 11 is 1.51. The van der Waals surface area contributed by atoms with Crippen LogP contribution in [0.2, 0.25) is 0 Å². The Hall–Kier alpha value is -0.690. The maximum Gasteiger partial charge on any atom is 0.233 e. The van der Waals surface area contributed by atoms with Gasteiger partial charge in [-0.25, -0.2) is 0 Å². The quantitative estimate of drug-likeness (QED) is 0.639. The van der Waals surface area contributed by atoms with Gasteiger partial charge in [0.15, 0.2) is 0 Å². The van der Waals surface area contributed by atoms with E-state index in [4.69, 9.17) is 5.26 Å². The second-order valence-electron chi connectivity index (χ2n) is 2.81. The van der Waals surface area contributed by atoms with Crippen LogP contribution in [0.25, 0.3) is 0 Å². The molecule has 1 aliphatic rings. The Labute approximate surface area is 76.7 Å². The van der Waals surface area contributed by atoms with Crippen LogP contribution in [-0.2, 0) is 4.79 Å². The molecule has 0 aliphatic carbocycles. The molecule has 12 heavy (non-hydrogen) atoms. The molecule has 0 saturated carbocycles. The van der Waals surface area contributed by atoms with Crippen molar-refractivity contribution in [1.29, 1.82) is 5.26 Å². The molecular weight excluding hydrogens is 172 g/mol. The fraction of sp³-hybridized carbons (Fsp3) is 0.750. The molecule has 3 nitrogen and oxygen atoms in total. The highest BCUT2D eigenvalue weighted by atomic mass is 32.2. The Morgan fingerprint density at radius 3 is 3.17 bits per heavy atom. The van der Waals surface area contributed by atoms with Crippen molar-refractivity contribution in [2.45, 2.75) is 18.9 Å². The smallest absolute Gasteiger partial charge is 0.233 e. The number of amides is 1. The van der Waals surface area contributed by atoms with E-state index in [-0.39, 0.29) is 11.9 Å². The molecule has 0 aromatic rings. The molecule has 0 aromatic heterocycles. The summed E-state index contributed by atoms with van der Waals surface area (Å²) in [5, 5.41) is 8.70. The van der Waals surface area contributed by atoms with Gasteiger partial charge in [-0.1, -0.05) is 0 Å². The SMILES string of the molecule is CSCC(=O)N1CCCC1C#N. The fourth-order valence-electron chi connectivity index (χ4n) is 1.41. The van der Waals surface area contributed by atoms with E-state index in [1.165, 1.54) is 11.8 Å². The molecule has 0 aromatic carbocycles. The van der Waals surface area contributed by atoms with Crippen LogP contribution in [0.4, 0.5) is 0 Å². The van der Waals surface area contributed by atoms with Crippen molar-refractivity contribution in [3.63, 3.8) is 0 Å². The summed E-state index contributed by atoms with van der Waals surface area (Å²) in [7, 11) is 0. The lowest BCUT2D eigenvalue weighted by atomic mass is 10.2. The van der Waals surface area contributed by atoms with E-state index in [1.807, 2.05) is 6.26 Å². The van der Waals surface area contributed by atoms with Crippen molar-refractivity contribution in [2.75, 3.05) is 18.6 Å². The minimum atomic E-state index is -0.162. The number of rotatable bonds is 2. The number of carbonyl (C=O) groups excluding carboxylic acids is 1. The minimum absolute atomic E-state index is 0.103. The van der Waals surface area contributed by atoms with Crippen molar-refractivity contribution in [2.24, 2.45) is 0 Å². The average molecular weight is 184 g/mol. The first kappa shape index (κ1) is 9.40. The third kappa shape index (κ3) is 1.92. The van der Waals surface area contributed by atoms with E-state index in [0.29, 0.717) is 5.75 Å². The third-order valence-electron chi connectivity index (χ3n) is 1.99. The highest BCUT2D eigenvalue weighted by Gasteiger charge is 2.27. The van der Waals surface area contributed by atoms with Gasteiger partial charge in [-0.3, -0.25) is 4.79 Å². The van der Waals surface area contributed by atoms with E-state index in [0.717, 1.165) is 19.4 Å². The molecule has 0 spiro atoms. The summed E-state index contributed by atoms with van der Waals surface area (Å²) in [6.07, 6.45) is 3.71. The number of thioether (sulfide) groups is 1. The summed E-state index contributed by atoms with van der Waals surface area (Å²) in [5.41, 5.74) is 0. The van der Waals surface area contributed by atoms with Crippen LogP contribution in [0.1, 0.15) is 12.8 Å². The van der Waals surface area contributed by atoms with Gasteiger partial charge in [0.1, 0.15) is 6.04 Å². The molecule has 4 heteroatoms. The van der Waals surface area contributed by atoms with Crippen LogP contribution >= 0.6 is 11.8 Å². The van der Waals surface area contributed by atoms with Gasteiger partial charge in [0.05, 0.1) is 11.8 Å². The van der Waals surface area contributed by atoms with Crippen molar-refractivity contribution in [1.82, 2.24) is 4.90 Å². The van der Waals surface area contributed by atoms with Crippen LogP contribution < -0.4 is 0 Å². The third-order valence-corrected chi connectivity index (χ3v) is 2.53. The lowest BCUT2D eigenvalue weighted by Crippen LogP contribution is -2.35. The van der Waals surface area contributed by atoms with Gasteiger partial charge in [0, 0.05) is 6.54 Å². The molecule has 0 bridgehead atoms. The summed E-state index contributed by atoms with van der Waals surface area (Å²) in [6, 6.07) is 1.99. The fourth-order valence-corrected chi connectivity index (χ4v) is 1.82. The molecule has 0 radical (unpaired) electrons. The van der Waals surface area contributed by atoms with Gasteiger partial charge in [0.25, 0.3) is 0 Å². The van der Waals surface area contributed by atoms with E-state index < -0.39 is 0 Å². The van der Waals surface area contributed by atoms with Gasteiger partial charge < -0.3 is 4.90 Å². The first-order chi connectivity index (χ1) is 5.79.